The maximum Gasteiger partial charge on any atom is 0.254 e. The average Bonchev–Trinajstić information content (AvgIpc) is 3.42. The Labute approximate surface area is 165 Å². The van der Waals surface area contributed by atoms with Gasteiger partial charge in [0.15, 0.2) is 0 Å². The summed E-state index contributed by atoms with van der Waals surface area (Å²) in [4.78, 5) is 15.0. The van der Waals surface area contributed by atoms with E-state index in [0.717, 1.165) is 18.4 Å². The van der Waals surface area contributed by atoms with E-state index in [0.29, 0.717) is 29.3 Å². The summed E-state index contributed by atoms with van der Waals surface area (Å²) < 4.78 is 32.8. The number of nitrogens with zero attached hydrogens (tertiary/aromatic N) is 2. The number of benzene rings is 2. The van der Waals surface area contributed by atoms with Crippen LogP contribution in [0.2, 0.25) is 0 Å². The summed E-state index contributed by atoms with van der Waals surface area (Å²) in [6.45, 7) is 2.77. The Balaban J connectivity index is 1.50. The van der Waals surface area contributed by atoms with Crippen molar-refractivity contribution in [3.8, 4) is 5.75 Å². The van der Waals surface area contributed by atoms with Crippen molar-refractivity contribution in [3.05, 3.63) is 59.7 Å². The van der Waals surface area contributed by atoms with Gasteiger partial charge in [0.1, 0.15) is 5.75 Å². The van der Waals surface area contributed by atoms with Crippen LogP contribution in [0.25, 0.3) is 0 Å². The van der Waals surface area contributed by atoms with Gasteiger partial charge in [0.05, 0.1) is 24.1 Å². The molecule has 0 radical (unpaired) electrons. The summed E-state index contributed by atoms with van der Waals surface area (Å²) in [7, 11) is -1.97. The van der Waals surface area contributed by atoms with Crippen molar-refractivity contribution in [1.29, 1.82) is 0 Å². The van der Waals surface area contributed by atoms with Crippen LogP contribution >= 0.6 is 0 Å². The Morgan fingerprint density at radius 2 is 1.71 bits per heavy atom. The molecule has 2 fully saturated rings. The summed E-state index contributed by atoms with van der Waals surface area (Å²) in [5, 5.41) is 0. The molecule has 7 heteroatoms. The molecule has 0 spiro atoms. The fourth-order valence-electron chi connectivity index (χ4n) is 3.91. The molecule has 0 saturated carbocycles. The molecule has 2 atom stereocenters. The van der Waals surface area contributed by atoms with E-state index in [1.807, 2.05) is 24.0 Å². The maximum absolute atomic E-state index is 13.0. The minimum Gasteiger partial charge on any atom is -0.497 e. The number of sulfonamides is 1. The molecule has 2 heterocycles. The number of methoxy groups -OCH3 is 1. The predicted molar refractivity (Wildman–Crippen MR) is 106 cm³/mol. The van der Waals surface area contributed by atoms with Gasteiger partial charge >= 0.3 is 0 Å². The van der Waals surface area contributed by atoms with Crippen molar-refractivity contribution in [3.63, 3.8) is 0 Å². The molecular weight excluding hydrogens is 376 g/mol. The van der Waals surface area contributed by atoms with Crippen LogP contribution < -0.4 is 4.74 Å². The summed E-state index contributed by atoms with van der Waals surface area (Å²) in [6, 6.07) is 14.0. The Morgan fingerprint density at radius 3 is 2.36 bits per heavy atom. The van der Waals surface area contributed by atoms with E-state index in [1.54, 1.807) is 43.5 Å². The first-order chi connectivity index (χ1) is 13.4. The molecule has 2 aromatic rings. The Morgan fingerprint density at radius 1 is 1.04 bits per heavy atom. The van der Waals surface area contributed by atoms with Crippen LogP contribution in [0.1, 0.15) is 28.8 Å². The number of rotatable bonds is 4. The van der Waals surface area contributed by atoms with Gasteiger partial charge in [0.2, 0.25) is 10.0 Å². The summed E-state index contributed by atoms with van der Waals surface area (Å²) in [5.74, 6) is 0.652. The number of carbonyl (C=O) groups excluding carboxylic acids is 1. The first-order valence-electron chi connectivity index (χ1n) is 9.45. The van der Waals surface area contributed by atoms with E-state index in [4.69, 9.17) is 4.74 Å². The first-order valence-corrected chi connectivity index (χ1v) is 10.9. The number of ether oxygens (including phenoxy) is 1. The van der Waals surface area contributed by atoms with Crippen LogP contribution in [0.4, 0.5) is 0 Å². The number of fused-ring (bicyclic) bond motifs is 1. The number of hydrogen-bond acceptors (Lipinski definition) is 4. The second kappa shape index (κ2) is 7.22. The van der Waals surface area contributed by atoms with Crippen LogP contribution in [0.3, 0.4) is 0 Å². The van der Waals surface area contributed by atoms with Crippen LogP contribution in [0, 0.1) is 6.92 Å². The van der Waals surface area contributed by atoms with Gasteiger partial charge in [0, 0.05) is 18.7 Å². The van der Waals surface area contributed by atoms with Crippen molar-refractivity contribution < 1.29 is 17.9 Å². The summed E-state index contributed by atoms with van der Waals surface area (Å²) >= 11 is 0. The monoisotopic (exact) mass is 400 g/mol. The fourth-order valence-corrected chi connectivity index (χ4v) is 5.41. The second-order valence-electron chi connectivity index (χ2n) is 7.39. The van der Waals surface area contributed by atoms with Crippen LogP contribution in [0.5, 0.6) is 5.75 Å². The lowest BCUT2D eigenvalue weighted by Gasteiger charge is -2.21. The smallest absolute Gasteiger partial charge is 0.254 e. The summed E-state index contributed by atoms with van der Waals surface area (Å²) in [6.07, 6.45) is 1.57. The van der Waals surface area contributed by atoms with E-state index < -0.39 is 10.0 Å². The topological polar surface area (TPSA) is 66.7 Å². The average molecular weight is 401 g/mol. The SMILES string of the molecule is COc1ccc(C(=O)N2[C@@H]3CN(S(=O)(=O)c4ccc(C)cc4)CCC[C@@H]32)cc1. The number of aryl methyl sites for hydroxylation is 1. The maximum atomic E-state index is 13.0. The Hall–Kier alpha value is -2.38. The molecular formula is C21H24N2O4S. The van der Waals surface area contributed by atoms with Gasteiger partial charge in [-0.3, -0.25) is 4.79 Å². The number of carbonyl (C=O) groups is 1. The highest BCUT2D eigenvalue weighted by Gasteiger charge is 2.53. The predicted octanol–water partition coefficient (Wildman–Crippen LogP) is 2.68. The van der Waals surface area contributed by atoms with Crippen LogP contribution in [-0.4, -0.2) is 55.8 Å². The Bertz CT molecular complexity index is 970. The van der Waals surface area contributed by atoms with Gasteiger partial charge in [-0.25, -0.2) is 8.42 Å². The quantitative estimate of drug-likeness (QED) is 0.740. The standard InChI is InChI=1S/C21H24N2O4S/c1-15-5-11-18(12-6-15)28(25,26)22-13-3-4-19-20(14-22)23(19)21(24)16-7-9-17(27-2)10-8-16/h5-12,19-20H,3-4,13-14H2,1-2H3/t19-,20+,23?/m0/s1. The normalized spacial score (nSPS) is 22.3. The van der Waals surface area contributed by atoms with E-state index in [9.17, 15) is 13.2 Å². The van der Waals surface area contributed by atoms with Crippen molar-refractivity contribution in [2.75, 3.05) is 20.2 Å². The molecule has 2 saturated heterocycles. The van der Waals surface area contributed by atoms with Gasteiger partial charge in [0.25, 0.3) is 5.91 Å². The van der Waals surface area contributed by atoms with Gasteiger partial charge in [-0.05, 0) is 56.2 Å². The number of amides is 1. The second-order valence-corrected chi connectivity index (χ2v) is 9.33. The minimum absolute atomic E-state index is 0.0489. The molecule has 6 nitrogen and oxygen atoms in total. The van der Waals surface area contributed by atoms with Crippen LogP contribution in [0.15, 0.2) is 53.4 Å². The molecule has 0 unspecified atom stereocenters. The van der Waals surface area contributed by atoms with E-state index >= 15 is 0 Å². The van der Waals surface area contributed by atoms with E-state index in [1.165, 1.54) is 4.31 Å². The molecule has 0 aromatic heterocycles. The van der Waals surface area contributed by atoms with Crippen molar-refractivity contribution in [2.45, 2.75) is 36.7 Å². The first kappa shape index (κ1) is 19.0. The van der Waals surface area contributed by atoms with Crippen LogP contribution in [-0.2, 0) is 10.0 Å². The minimum atomic E-state index is -3.55. The molecule has 4 rings (SSSR count). The highest BCUT2D eigenvalue weighted by Crippen LogP contribution is 2.38. The molecule has 0 bridgehead atoms. The highest BCUT2D eigenvalue weighted by atomic mass is 32.2. The summed E-state index contributed by atoms with van der Waals surface area (Å²) in [5.41, 5.74) is 1.62. The Kier molecular flexibility index (Phi) is 4.89. The van der Waals surface area contributed by atoms with E-state index in [-0.39, 0.29) is 18.0 Å². The molecule has 148 valence electrons. The lowest BCUT2D eigenvalue weighted by Crippen LogP contribution is -2.36. The van der Waals surface area contributed by atoms with Crippen molar-refractivity contribution in [1.82, 2.24) is 9.21 Å². The third-order valence-corrected chi connectivity index (χ3v) is 7.48. The van der Waals surface area contributed by atoms with Gasteiger partial charge in [-0.1, -0.05) is 17.7 Å². The zero-order chi connectivity index (χ0) is 19.9. The lowest BCUT2D eigenvalue weighted by atomic mass is 10.2. The van der Waals surface area contributed by atoms with E-state index in [2.05, 4.69) is 0 Å². The zero-order valence-corrected chi connectivity index (χ0v) is 16.9. The fraction of sp³-hybridized carbons (Fsp3) is 0.381. The third-order valence-electron chi connectivity index (χ3n) is 5.60. The van der Waals surface area contributed by atoms with Crippen molar-refractivity contribution >= 4 is 15.9 Å². The number of hydrogen-bond donors (Lipinski definition) is 0. The van der Waals surface area contributed by atoms with Gasteiger partial charge in [-0.2, -0.15) is 4.31 Å². The molecule has 0 N–H and O–H groups in total. The molecule has 2 aliphatic rings. The largest absolute Gasteiger partial charge is 0.497 e. The molecule has 28 heavy (non-hydrogen) atoms. The highest BCUT2D eigenvalue weighted by molar-refractivity contribution is 7.89. The molecule has 0 aliphatic carbocycles. The molecule has 1 amide bonds. The molecule has 2 aromatic carbocycles. The third kappa shape index (κ3) is 3.40. The molecule has 2 aliphatic heterocycles. The lowest BCUT2D eigenvalue weighted by molar-refractivity contribution is 0.0857. The zero-order valence-electron chi connectivity index (χ0n) is 16.0. The van der Waals surface area contributed by atoms with Crippen molar-refractivity contribution in [2.24, 2.45) is 0 Å². The van der Waals surface area contributed by atoms with Gasteiger partial charge < -0.3 is 9.64 Å². The van der Waals surface area contributed by atoms with Gasteiger partial charge in [-0.15, -0.1) is 0 Å².